The highest BCUT2D eigenvalue weighted by molar-refractivity contribution is 6.36. The fourth-order valence-electron chi connectivity index (χ4n) is 10.5. The van der Waals surface area contributed by atoms with Gasteiger partial charge in [0.1, 0.15) is 11.6 Å². The predicted octanol–water partition coefficient (Wildman–Crippen LogP) is 4.55. The Bertz CT molecular complexity index is 1930. The standard InChI is InChI=1S/C36H34N2O7/c1-37-14-12-35-20-16-36(34(35)45-32-24(43-4)9-6-18(27(32)35)15-21(20)37)33(40)26-19-7-10-22(41-2)29(39)30(19)44-31-23(42-3)8-5-17-11-13-38(36)28(26)25(17)31/h5-10,20-21,34,39H,11-16H2,1-4H3/t20-,21+,34+,35-,36+/m1/s1. The normalized spacial score (nSPS) is 30.8. The van der Waals surface area contributed by atoms with E-state index in [1.807, 2.05) is 18.2 Å². The molecule has 0 aromatic heterocycles. The Labute approximate surface area is 260 Å². The number of phenolic OH excluding ortho intramolecular Hbond substituents is 1. The number of methoxy groups -OCH3 is 3. The number of carbonyl (C=O) groups excluding carboxylic acids is 1. The van der Waals surface area contributed by atoms with E-state index < -0.39 is 5.54 Å². The maximum Gasteiger partial charge on any atom is 0.202 e. The zero-order chi connectivity index (χ0) is 30.6. The average Bonchev–Trinajstić information content (AvgIpc) is 3.59. The second-order valence-electron chi connectivity index (χ2n) is 13.6. The van der Waals surface area contributed by atoms with Gasteiger partial charge in [-0.05, 0) is 80.6 Å². The van der Waals surface area contributed by atoms with E-state index in [4.69, 9.17) is 23.7 Å². The second-order valence-corrected chi connectivity index (χ2v) is 13.6. The van der Waals surface area contributed by atoms with E-state index in [-0.39, 0.29) is 40.5 Å². The molecule has 0 amide bonds. The highest BCUT2D eigenvalue weighted by Crippen LogP contribution is 2.72. The first-order valence-corrected chi connectivity index (χ1v) is 15.8. The zero-order valence-corrected chi connectivity index (χ0v) is 25.7. The first kappa shape index (κ1) is 25.9. The predicted molar refractivity (Wildman–Crippen MR) is 165 cm³/mol. The molecule has 5 atom stereocenters. The van der Waals surface area contributed by atoms with Crippen molar-refractivity contribution in [1.82, 2.24) is 9.80 Å². The fourth-order valence-corrected chi connectivity index (χ4v) is 10.5. The Balaban J connectivity index is 1.26. The second kappa shape index (κ2) is 8.26. The van der Waals surface area contributed by atoms with Crippen LogP contribution in [0.1, 0.15) is 40.7 Å². The van der Waals surface area contributed by atoms with Crippen LogP contribution in [0.15, 0.2) is 36.4 Å². The number of benzene rings is 3. The molecule has 1 saturated carbocycles. The van der Waals surface area contributed by atoms with E-state index in [1.165, 1.54) is 18.2 Å². The number of ketones is 1. The van der Waals surface area contributed by atoms with Crippen LogP contribution in [-0.2, 0) is 23.1 Å². The van der Waals surface area contributed by atoms with Crippen LogP contribution in [0.4, 0.5) is 0 Å². The van der Waals surface area contributed by atoms with Gasteiger partial charge in [-0.1, -0.05) is 12.1 Å². The van der Waals surface area contributed by atoms with Gasteiger partial charge >= 0.3 is 0 Å². The third kappa shape index (κ3) is 2.68. The smallest absolute Gasteiger partial charge is 0.202 e. The molecule has 2 aliphatic carbocycles. The summed E-state index contributed by atoms with van der Waals surface area (Å²) in [5, 5.41) is 11.4. The minimum Gasteiger partial charge on any atom is -0.502 e. The van der Waals surface area contributed by atoms with E-state index in [0.717, 1.165) is 54.1 Å². The lowest BCUT2D eigenvalue weighted by Crippen LogP contribution is -2.62. The Hall–Kier alpha value is -4.37. The zero-order valence-electron chi connectivity index (χ0n) is 25.7. The quantitative estimate of drug-likeness (QED) is 0.461. The summed E-state index contributed by atoms with van der Waals surface area (Å²) in [6.45, 7) is 1.62. The third-order valence-electron chi connectivity index (χ3n) is 12.2. The summed E-state index contributed by atoms with van der Waals surface area (Å²) in [4.78, 5) is 20.5. The molecule has 230 valence electrons. The molecule has 1 saturated heterocycles. The monoisotopic (exact) mass is 606 g/mol. The molecule has 2 spiro atoms. The topological polar surface area (TPSA) is 89.9 Å². The van der Waals surface area contributed by atoms with Crippen LogP contribution in [0, 0.1) is 5.92 Å². The molecule has 0 radical (unpaired) electrons. The molecule has 1 N–H and O–H groups in total. The number of carbonyl (C=O) groups is 1. The number of Topliss-reactive ketones (excluding diaryl/α,β-unsaturated/α-hetero) is 1. The average molecular weight is 607 g/mol. The van der Waals surface area contributed by atoms with Crippen LogP contribution in [-0.4, -0.2) is 79.8 Å². The highest BCUT2D eigenvalue weighted by Gasteiger charge is 2.78. The van der Waals surface area contributed by atoms with Crippen LogP contribution >= 0.6 is 0 Å². The highest BCUT2D eigenvalue weighted by atomic mass is 16.5. The Morgan fingerprint density at radius 3 is 2.42 bits per heavy atom. The van der Waals surface area contributed by atoms with Gasteiger partial charge in [0.05, 0.1) is 32.6 Å². The largest absolute Gasteiger partial charge is 0.502 e. The lowest BCUT2D eigenvalue weighted by molar-refractivity contribution is -0.126. The molecule has 0 unspecified atom stereocenters. The van der Waals surface area contributed by atoms with Crippen molar-refractivity contribution in [3.8, 4) is 40.2 Å². The number of hydrogen-bond donors (Lipinski definition) is 1. The van der Waals surface area contributed by atoms with Gasteiger partial charge in [-0.3, -0.25) is 4.79 Å². The van der Waals surface area contributed by atoms with Crippen molar-refractivity contribution in [1.29, 1.82) is 0 Å². The maximum absolute atomic E-state index is 15.7. The summed E-state index contributed by atoms with van der Waals surface area (Å²) in [6.07, 6.45) is 2.90. The van der Waals surface area contributed by atoms with Crippen LogP contribution in [0.3, 0.4) is 0 Å². The lowest BCUT2D eigenvalue weighted by Gasteiger charge is -2.52. The van der Waals surface area contributed by atoms with E-state index in [9.17, 15) is 5.11 Å². The number of rotatable bonds is 3. The number of likely N-dealkylation sites (N-methyl/N-ethyl adjacent to an activating group) is 1. The summed E-state index contributed by atoms with van der Waals surface area (Å²) in [7, 11) is 7.04. The third-order valence-corrected chi connectivity index (χ3v) is 12.2. The van der Waals surface area contributed by atoms with Crippen molar-refractivity contribution < 1.29 is 33.6 Å². The Kier molecular flexibility index (Phi) is 4.75. The SMILES string of the molecule is COc1ccc2c(c1O)Oc1c(OC)ccc3c1C1=C2C(=O)[C@]2(C[C@@H]4[C@@H]5Cc6ccc(OC)c7c6[C@]4(CCN5C)[C@@H]2O7)N1CC3. The number of nitrogens with zero attached hydrogens (tertiary/aromatic N) is 2. The van der Waals surface area contributed by atoms with Crippen molar-refractivity contribution in [3.63, 3.8) is 0 Å². The Morgan fingerprint density at radius 2 is 1.64 bits per heavy atom. The number of phenols is 1. The summed E-state index contributed by atoms with van der Waals surface area (Å²) >= 11 is 0. The van der Waals surface area contributed by atoms with Gasteiger partial charge in [0.25, 0.3) is 0 Å². The van der Waals surface area contributed by atoms with Crippen molar-refractivity contribution in [2.75, 3.05) is 41.5 Å². The van der Waals surface area contributed by atoms with Crippen molar-refractivity contribution in [2.45, 2.75) is 48.8 Å². The summed E-state index contributed by atoms with van der Waals surface area (Å²) in [6, 6.07) is 12.1. The van der Waals surface area contributed by atoms with Crippen molar-refractivity contribution in [2.24, 2.45) is 5.92 Å². The molecular formula is C36H34N2O7. The van der Waals surface area contributed by atoms with Gasteiger partial charge in [0.2, 0.25) is 5.75 Å². The molecule has 7 aliphatic rings. The fraction of sp³-hybridized carbons (Fsp3) is 0.417. The molecule has 2 fully saturated rings. The Morgan fingerprint density at radius 1 is 0.911 bits per heavy atom. The van der Waals surface area contributed by atoms with Gasteiger partial charge in [-0.25, -0.2) is 0 Å². The van der Waals surface area contributed by atoms with Crippen LogP contribution in [0.25, 0.3) is 11.3 Å². The molecule has 2 bridgehead atoms. The van der Waals surface area contributed by atoms with Gasteiger partial charge in [-0.15, -0.1) is 0 Å². The van der Waals surface area contributed by atoms with E-state index in [0.29, 0.717) is 41.6 Å². The summed E-state index contributed by atoms with van der Waals surface area (Å²) < 4.78 is 30.9. The number of hydrogen-bond acceptors (Lipinski definition) is 9. The van der Waals surface area contributed by atoms with E-state index in [1.54, 1.807) is 20.3 Å². The number of piperidine rings is 1. The van der Waals surface area contributed by atoms with Crippen LogP contribution < -0.4 is 23.7 Å². The van der Waals surface area contributed by atoms with Gasteiger partial charge in [-0.2, -0.15) is 0 Å². The van der Waals surface area contributed by atoms with Crippen LogP contribution in [0.5, 0.6) is 40.2 Å². The number of aromatic hydroxyl groups is 1. The molecule has 10 rings (SSSR count). The molecular weight excluding hydrogens is 572 g/mol. The van der Waals surface area contributed by atoms with Gasteiger partial charge in [0.15, 0.2) is 40.3 Å². The summed E-state index contributed by atoms with van der Waals surface area (Å²) in [5.74, 6) is 3.20. The molecule has 5 heterocycles. The lowest BCUT2D eigenvalue weighted by atomic mass is 9.58. The van der Waals surface area contributed by atoms with Crippen LogP contribution in [0.2, 0.25) is 0 Å². The minimum absolute atomic E-state index is 0.0332. The van der Waals surface area contributed by atoms with Gasteiger partial charge in [0, 0.05) is 34.7 Å². The molecule has 5 aliphatic heterocycles. The first-order chi connectivity index (χ1) is 21.9. The van der Waals surface area contributed by atoms with Crippen molar-refractivity contribution in [3.05, 3.63) is 64.2 Å². The van der Waals surface area contributed by atoms with Crippen molar-refractivity contribution >= 4 is 17.1 Å². The molecule has 9 heteroatoms. The minimum atomic E-state index is -0.938. The molecule has 3 aromatic carbocycles. The molecule has 3 aromatic rings. The molecule has 45 heavy (non-hydrogen) atoms. The number of fused-ring (bicyclic) bond motifs is 4. The van der Waals surface area contributed by atoms with E-state index >= 15 is 4.79 Å². The van der Waals surface area contributed by atoms with E-state index in [2.05, 4.69) is 29.0 Å². The number of ether oxygens (including phenoxy) is 5. The summed E-state index contributed by atoms with van der Waals surface area (Å²) in [5.41, 5.74) is 5.26. The molecule has 9 nitrogen and oxygen atoms in total. The maximum atomic E-state index is 15.7. The van der Waals surface area contributed by atoms with Gasteiger partial charge < -0.3 is 38.6 Å². The number of likely N-dealkylation sites (tertiary alicyclic amines) is 1. The first-order valence-electron chi connectivity index (χ1n) is 15.8.